The second-order valence-corrected chi connectivity index (χ2v) is 8.98. The smallest absolute Gasteiger partial charge is 0.274 e. The topological polar surface area (TPSA) is 124 Å². The molecule has 10 heteroatoms. The zero-order valence-electron chi connectivity index (χ0n) is 15.9. The number of aromatic nitrogens is 4. The van der Waals surface area contributed by atoms with Crippen molar-refractivity contribution >= 4 is 33.3 Å². The third-order valence-electron chi connectivity index (χ3n) is 5.92. The molecule has 0 radical (unpaired) electrons. The number of fused-ring (bicyclic) bond motifs is 1. The lowest BCUT2D eigenvalue weighted by Crippen LogP contribution is -2.58. The van der Waals surface area contributed by atoms with E-state index in [1.54, 1.807) is 29.0 Å². The predicted octanol–water partition coefficient (Wildman–Crippen LogP) is 2.11. The number of nitrogens with one attached hydrogen (secondary N) is 1. The second-order valence-electron chi connectivity index (χ2n) is 8.06. The summed E-state index contributed by atoms with van der Waals surface area (Å²) in [5, 5.41) is 11.1. The number of ether oxygens (including phenoxy) is 1. The van der Waals surface area contributed by atoms with E-state index in [1.807, 2.05) is 12.1 Å². The van der Waals surface area contributed by atoms with Crippen LogP contribution >= 0.6 is 15.9 Å². The molecule has 3 aromatic rings. The van der Waals surface area contributed by atoms with Crippen LogP contribution < -0.4 is 15.8 Å². The molecule has 0 saturated heterocycles. The molecule has 2 aliphatic carbocycles. The van der Waals surface area contributed by atoms with E-state index >= 15 is 0 Å². The highest BCUT2D eigenvalue weighted by Crippen LogP contribution is 2.56. The summed E-state index contributed by atoms with van der Waals surface area (Å²) in [6, 6.07) is 7.05. The average Bonchev–Trinajstić information content (AvgIpc) is 3.07. The summed E-state index contributed by atoms with van der Waals surface area (Å²) in [7, 11) is 0. The van der Waals surface area contributed by atoms with E-state index in [0.717, 1.165) is 30.2 Å². The Balaban J connectivity index is 1.15. The molecule has 1 spiro atoms. The molecule has 30 heavy (non-hydrogen) atoms. The molecule has 3 aromatic heterocycles. The first-order valence-corrected chi connectivity index (χ1v) is 10.4. The number of halogens is 1. The number of pyridine rings is 2. The van der Waals surface area contributed by atoms with E-state index in [0.29, 0.717) is 22.7 Å². The van der Waals surface area contributed by atoms with Crippen molar-refractivity contribution in [1.29, 1.82) is 0 Å². The molecule has 5 rings (SSSR count). The zero-order chi connectivity index (χ0) is 20.9. The number of amides is 2. The molecule has 2 saturated carbocycles. The fraction of sp³-hybridized carbons (Fsp3) is 0.350. The van der Waals surface area contributed by atoms with Crippen LogP contribution in [0.3, 0.4) is 0 Å². The van der Waals surface area contributed by atoms with Gasteiger partial charge in [0, 0.05) is 22.9 Å². The zero-order valence-corrected chi connectivity index (χ0v) is 17.5. The Bertz CT molecular complexity index is 1150. The molecule has 3 N–H and O–H groups in total. The van der Waals surface area contributed by atoms with Crippen molar-refractivity contribution in [1.82, 2.24) is 25.1 Å². The van der Waals surface area contributed by atoms with Crippen LogP contribution in [0, 0.1) is 5.41 Å². The first-order valence-electron chi connectivity index (χ1n) is 9.65. The molecule has 2 fully saturated rings. The Hall–Kier alpha value is -3.01. The lowest BCUT2D eigenvalue weighted by atomic mass is 9.53. The van der Waals surface area contributed by atoms with Crippen molar-refractivity contribution in [2.75, 3.05) is 0 Å². The lowest BCUT2D eigenvalue weighted by Gasteiger charge is -2.57. The predicted molar refractivity (Wildman–Crippen MR) is 110 cm³/mol. The summed E-state index contributed by atoms with van der Waals surface area (Å²) >= 11 is 3.38. The number of carbonyl (C=O) groups excluding carboxylic acids is 2. The van der Waals surface area contributed by atoms with Gasteiger partial charge in [0.25, 0.3) is 11.8 Å². The minimum atomic E-state index is -0.549. The van der Waals surface area contributed by atoms with Crippen molar-refractivity contribution in [3.63, 3.8) is 0 Å². The lowest BCUT2D eigenvalue weighted by molar-refractivity contribution is -0.0848. The molecule has 0 aromatic carbocycles. The van der Waals surface area contributed by atoms with E-state index in [9.17, 15) is 9.59 Å². The van der Waals surface area contributed by atoms with Crippen LogP contribution in [0.4, 0.5) is 0 Å². The van der Waals surface area contributed by atoms with Crippen LogP contribution in [0.25, 0.3) is 5.52 Å². The summed E-state index contributed by atoms with van der Waals surface area (Å²) in [5.74, 6) is -0.467. The van der Waals surface area contributed by atoms with Gasteiger partial charge in [-0.2, -0.15) is 0 Å². The first-order chi connectivity index (χ1) is 14.4. The van der Waals surface area contributed by atoms with Gasteiger partial charge in [0.05, 0.1) is 5.52 Å². The number of rotatable bonds is 5. The van der Waals surface area contributed by atoms with Crippen LogP contribution in [0.5, 0.6) is 5.88 Å². The molecule has 9 nitrogen and oxygen atoms in total. The fourth-order valence-corrected chi connectivity index (χ4v) is 4.85. The van der Waals surface area contributed by atoms with E-state index < -0.39 is 5.91 Å². The van der Waals surface area contributed by atoms with Crippen molar-refractivity contribution in [3.05, 3.63) is 52.4 Å². The maximum absolute atomic E-state index is 12.6. The second kappa shape index (κ2) is 7.05. The summed E-state index contributed by atoms with van der Waals surface area (Å²) < 4.78 is 8.32. The van der Waals surface area contributed by atoms with E-state index in [4.69, 9.17) is 10.5 Å². The number of hydrogen-bond donors (Lipinski definition) is 2. The van der Waals surface area contributed by atoms with Crippen LogP contribution in [0.15, 0.2) is 41.1 Å². The molecule has 0 unspecified atom stereocenters. The minimum Gasteiger partial charge on any atom is -0.474 e. The number of carbonyl (C=O) groups is 2. The van der Waals surface area contributed by atoms with Gasteiger partial charge < -0.3 is 15.8 Å². The van der Waals surface area contributed by atoms with Crippen LogP contribution in [-0.2, 0) is 0 Å². The first kappa shape index (κ1) is 19.0. The third kappa shape index (κ3) is 3.30. The molecule has 2 amide bonds. The summed E-state index contributed by atoms with van der Waals surface area (Å²) in [6.07, 6.45) is 6.89. The normalized spacial score (nSPS) is 24.8. The van der Waals surface area contributed by atoms with Gasteiger partial charge in [0.2, 0.25) is 5.88 Å². The van der Waals surface area contributed by atoms with Gasteiger partial charge in [0.1, 0.15) is 11.7 Å². The number of nitrogens with zero attached hydrogens (tertiary/aromatic N) is 4. The SMILES string of the molecule is NC(=O)c1cccnc1OC1CC2(CC(NC(=O)c3nnn4cc(Br)ccc34)C2)C1. The minimum absolute atomic E-state index is 0.00869. The highest BCUT2D eigenvalue weighted by molar-refractivity contribution is 9.10. The molecule has 154 valence electrons. The Morgan fingerprint density at radius 1 is 1.23 bits per heavy atom. The molecule has 0 bridgehead atoms. The summed E-state index contributed by atoms with van der Waals surface area (Å²) in [4.78, 5) is 28.2. The molecular formula is C20H19BrN6O3. The Morgan fingerprint density at radius 2 is 2.03 bits per heavy atom. The molecule has 2 aliphatic rings. The monoisotopic (exact) mass is 470 g/mol. The van der Waals surface area contributed by atoms with Gasteiger partial charge in [-0.05, 0) is 71.3 Å². The van der Waals surface area contributed by atoms with Crippen molar-refractivity contribution < 1.29 is 14.3 Å². The third-order valence-corrected chi connectivity index (χ3v) is 6.39. The Kier molecular flexibility index (Phi) is 4.46. The Labute approximate surface area is 180 Å². The van der Waals surface area contributed by atoms with Gasteiger partial charge in [-0.1, -0.05) is 5.21 Å². The van der Waals surface area contributed by atoms with Crippen LogP contribution in [0.1, 0.15) is 46.5 Å². The molecule has 0 aliphatic heterocycles. The van der Waals surface area contributed by atoms with Gasteiger partial charge in [-0.25, -0.2) is 9.50 Å². The van der Waals surface area contributed by atoms with Crippen LogP contribution in [-0.4, -0.2) is 43.8 Å². The quantitative estimate of drug-likeness (QED) is 0.588. The highest BCUT2D eigenvalue weighted by atomic mass is 79.9. The van der Waals surface area contributed by atoms with Gasteiger partial charge >= 0.3 is 0 Å². The largest absolute Gasteiger partial charge is 0.474 e. The van der Waals surface area contributed by atoms with E-state index in [1.165, 1.54) is 0 Å². The van der Waals surface area contributed by atoms with Gasteiger partial charge in [0.15, 0.2) is 5.69 Å². The molecule has 3 heterocycles. The number of nitrogens with two attached hydrogens (primary N) is 1. The highest BCUT2D eigenvalue weighted by Gasteiger charge is 2.54. The van der Waals surface area contributed by atoms with Crippen LogP contribution in [0.2, 0.25) is 0 Å². The van der Waals surface area contributed by atoms with Crippen molar-refractivity contribution in [2.24, 2.45) is 11.1 Å². The maximum Gasteiger partial charge on any atom is 0.274 e. The molecule has 0 atom stereocenters. The maximum atomic E-state index is 12.6. The van der Waals surface area contributed by atoms with E-state index in [2.05, 4.69) is 36.5 Å². The average molecular weight is 471 g/mol. The summed E-state index contributed by atoms with van der Waals surface area (Å²) in [6.45, 7) is 0. The van der Waals surface area contributed by atoms with Crippen molar-refractivity contribution in [2.45, 2.75) is 37.8 Å². The van der Waals surface area contributed by atoms with Crippen molar-refractivity contribution in [3.8, 4) is 5.88 Å². The number of primary amides is 1. The molecular weight excluding hydrogens is 452 g/mol. The summed E-state index contributed by atoms with van der Waals surface area (Å²) in [5.41, 5.74) is 6.85. The van der Waals surface area contributed by atoms with E-state index in [-0.39, 0.29) is 23.5 Å². The standard InChI is InChI=1S/C20H19BrN6O3/c21-11-3-4-15-16(25-26-27(15)10-11)18(29)24-12-6-20(7-12)8-13(9-20)30-19-14(17(22)28)2-1-5-23-19/h1-5,10,12-13H,6-9H2,(H2,22,28)(H,24,29). The van der Waals surface area contributed by atoms with Gasteiger partial charge in [-0.3, -0.25) is 9.59 Å². The fourth-order valence-electron chi connectivity index (χ4n) is 4.53. The number of hydrogen-bond acceptors (Lipinski definition) is 6. The van der Waals surface area contributed by atoms with Gasteiger partial charge in [-0.15, -0.1) is 5.10 Å². The Morgan fingerprint density at radius 3 is 2.80 bits per heavy atom.